The number of hydrogen-bond donors (Lipinski definition) is 1. The highest BCUT2D eigenvalue weighted by Crippen LogP contribution is 2.23. The normalized spacial score (nSPS) is 10.2. The zero-order valence-corrected chi connectivity index (χ0v) is 11.2. The van der Waals surface area contributed by atoms with Gasteiger partial charge in [0.05, 0.1) is 0 Å². The summed E-state index contributed by atoms with van der Waals surface area (Å²) in [7, 11) is 3.83. The maximum absolute atomic E-state index is 4.46. The quantitative estimate of drug-likeness (QED) is 0.898. The van der Waals surface area contributed by atoms with Crippen LogP contribution in [0.5, 0.6) is 0 Å². The first kappa shape index (κ1) is 12.4. The highest BCUT2D eigenvalue weighted by molar-refractivity contribution is 5.61. The minimum Gasteiger partial charge on any atom is -0.357 e. The van der Waals surface area contributed by atoms with Gasteiger partial charge < -0.3 is 10.2 Å². The zero-order chi connectivity index (χ0) is 13.1. The molecule has 1 aromatic heterocycles. The predicted molar refractivity (Wildman–Crippen MR) is 75.6 cm³/mol. The first-order chi connectivity index (χ1) is 8.60. The van der Waals surface area contributed by atoms with Crippen molar-refractivity contribution < 1.29 is 0 Å². The van der Waals surface area contributed by atoms with Crippen LogP contribution in [0.3, 0.4) is 0 Å². The van der Waals surface area contributed by atoms with Crippen molar-refractivity contribution >= 4 is 17.5 Å². The number of aryl methyl sites for hydroxylation is 2. The summed E-state index contributed by atoms with van der Waals surface area (Å²) < 4.78 is 0. The van der Waals surface area contributed by atoms with Gasteiger partial charge in [-0.25, -0.2) is 4.98 Å². The first-order valence-corrected chi connectivity index (χ1v) is 5.94. The fourth-order valence-electron chi connectivity index (χ4n) is 1.80. The van der Waals surface area contributed by atoms with Gasteiger partial charge in [-0.2, -0.15) is 4.98 Å². The van der Waals surface area contributed by atoms with E-state index >= 15 is 0 Å². The number of rotatable bonds is 3. The fraction of sp³-hybridized carbons (Fsp3) is 0.286. The zero-order valence-electron chi connectivity index (χ0n) is 11.2. The standard InChI is InChI=1S/C14H18N4/c1-10-6-5-7-12(8-10)18(4)13-9-11(2)16-14(15-3)17-13/h5-9H,1-4H3,(H,15,16,17). The molecular formula is C14H18N4. The Morgan fingerprint density at radius 1 is 1.11 bits per heavy atom. The summed E-state index contributed by atoms with van der Waals surface area (Å²) in [6.45, 7) is 4.05. The van der Waals surface area contributed by atoms with Gasteiger partial charge in [0.2, 0.25) is 5.95 Å². The molecule has 0 spiro atoms. The molecule has 18 heavy (non-hydrogen) atoms. The largest absolute Gasteiger partial charge is 0.357 e. The minimum atomic E-state index is 0.643. The van der Waals surface area contributed by atoms with E-state index in [1.54, 1.807) is 0 Å². The second-order valence-corrected chi connectivity index (χ2v) is 4.34. The first-order valence-electron chi connectivity index (χ1n) is 5.94. The van der Waals surface area contributed by atoms with Crippen LogP contribution < -0.4 is 10.2 Å². The third-order valence-electron chi connectivity index (χ3n) is 2.80. The van der Waals surface area contributed by atoms with Crippen molar-refractivity contribution in [2.24, 2.45) is 0 Å². The molecule has 4 nitrogen and oxygen atoms in total. The summed E-state index contributed by atoms with van der Waals surface area (Å²) in [5, 5.41) is 2.98. The van der Waals surface area contributed by atoms with Gasteiger partial charge in [-0.3, -0.25) is 0 Å². The van der Waals surface area contributed by atoms with E-state index < -0.39 is 0 Å². The molecule has 4 heteroatoms. The van der Waals surface area contributed by atoms with Crippen LogP contribution in [0.4, 0.5) is 17.5 Å². The number of hydrogen-bond acceptors (Lipinski definition) is 4. The molecule has 0 atom stereocenters. The molecule has 0 unspecified atom stereocenters. The van der Waals surface area contributed by atoms with Crippen LogP contribution in [-0.4, -0.2) is 24.1 Å². The molecule has 0 fully saturated rings. The number of nitrogens with one attached hydrogen (secondary N) is 1. The van der Waals surface area contributed by atoms with Crippen LogP contribution in [0.1, 0.15) is 11.3 Å². The molecule has 94 valence electrons. The summed E-state index contributed by atoms with van der Waals surface area (Å²) in [5.74, 6) is 1.53. The van der Waals surface area contributed by atoms with Gasteiger partial charge in [-0.05, 0) is 31.5 Å². The summed E-state index contributed by atoms with van der Waals surface area (Å²) in [6, 6.07) is 10.3. The summed E-state index contributed by atoms with van der Waals surface area (Å²) in [5.41, 5.74) is 3.30. The van der Waals surface area contributed by atoms with E-state index in [0.29, 0.717) is 5.95 Å². The Morgan fingerprint density at radius 2 is 1.89 bits per heavy atom. The Bertz CT molecular complexity index is 551. The van der Waals surface area contributed by atoms with Crippen molar-refractivity contribution in [2.45, 2.75) is 13.8 Å². The molecule has 0 bridgehead atoms. The van der Waals surface area contributed by atoms with Gasteiger partial charge in [0.15, 0.2) is 0 Å². The Labute approximate surface area is 108 Å². The highest BCUT2D eigenvalue weighted by atomic mass is 15.2. The second kappa shape index (κ2) is 5.04. The van der Waals surface area contributed by atoms with Gasteiger partial charge in [0.25, 0.3) is 0 Å². The lowest BCUT2D eigenvalue weighted by Crippen LogP contribution is -2.13. The highest BCUT2D eigenvalue weighted by Gasteiger charge is 2.08. The van der Waals surface area contributed by atoms with Crippen LogP contribution in [0.25, 0.3) is 0 Å². The fourth-order valence-corrected chi connectivity index (χ4v) is 1.80. The predicted octanol–water partition coefficient (Wildman–Crippen LogP) is 2.90. The van der Waals surface area contributed by atoms with Crippen molar-refractivity contribution in [1.29, 1.82) is 0 Å². The van der Waals surface area contributed by atoms with E-state index in [1.165, 1.54) is 5.56 Å². The number of nitrogens with zero attached hydrogens (tertiary/aromatic N) is 3. The second-order valence-electron chi connectivity index (χ2n) is 4.34. The summed E-state index contributed by atoms with van der Waals surface area (Å²) in [4.78, 5) is 10.8. The van der Waals surface area contributed by atoms with Crippen LogP contribution in [0.15, 0.2) is 30.3 Å². The molecule has 2 aromatic rings. The van der Waals surface area contributed by atoms with E-state index in [9.17, 15) is 0 Å². The lowest BCUT2D eigenvalue weighted by Gasteiger charge is -2.19. The Kier molecular flexibility index (Phi) is 3.46. The third kappa shape index (κ3) is 2.59. The number of benzene rings is 1. The van der Waals surface area contributed by atoms with E-state index in [4.69, 9.17) is 0 Å². The lowest BCUT2D eigenvalue weighted by atomic mass is 10.2. The Morgan fingerprint density at radius 3 is 2.56 bits per heavy atom. The maximum Gasteiger partial charge on any atom is 0.224 e. The smallest absolute Gasteiger partial charge is 0.224 e. The van der Waals surface area contributed by atoms with Gasteiger partial charge >= 0.3 is 0 Å². The molecule has 1 heterocycles. The average Bonchev–Trinajstić information content (AvgIpc) is 2.37. The van der Waals surface area contributed by atoms with Gasteiger partial charge in [-0.15, -0.1) is 0 Å². The number of anilines is 3. The Balaban J connectivity index is 2.39. The van der Waals surface area contributed by atoms with Crippen LogP contribution in [0.2, 0.25) is 0 Å². The molecule has 0 radical (unpaired) electrons. The van der Waals surface area contributed by atoms with Crippen LogP contribution in [-0.2, 0) is 0 Å². The summed E-state index contributed by atoms with van der Waals surface area (Å²) in [6.07, 6.45) is 0. The third-order valence-corrected chi connectivity index (χ3v) is 2.80. The lowest BCUT2D eigenvalue weighted by molar-refractivity contribution is 1.04. The van der Waals surface area contributed by atoms with E-state index in [1.807, 2.05) is 33.2 Å². The minimum absolute atomic E-state index is 0.643. The molecule has 0 aliphatic rings. The Hall–Kier alpha value is -2.10. The van der Waals surface area contributed by atoms with Crippen molar-refractivity contribution in [1.82, 2.24) is 9.97 Å². The van der Waals surface area contributed by atoms with Crippen LogP contribution >= 0.6 is 0 Å². The van der Waals surface area contributed by atoms with E-state index in [-0.39, 0.29) is 0 Å². The molecule has 0 aliphatic heterocycles. The van der Waals surface area contributed by atoms with E-state index in [2.05, 4.69) is 45.3 Å². The maximum atomic E-state index is 4.46. The molecular weight excluding hydrogens is 224 g/mol. The molecule has 1 aromatic carbocycles. The molecule has 0 saturated carbocycles. The monoisotopic (exact) mass is 242 g/mol. The molecule has 0 amide bonds. The summed E-state index contributed by atoms with van der Waals surface area (Å²) >= 11 is 0. The average molecular weight is 242 g/mol. The topological polar surface area (TPSA) is 41.1 Å². The van der Waals surface area contributed by atoms with Crippen molar-refractivity contribution in [2.75, 3.05) is 24.3 Å². The van der Waals surface area contributed by atoms with Gasteiger partial charge in [0, 0.05) is 31.5 Å². The van der Waals surface area contributed by atoms with E-state index in [0.717, 1.165) is 17.2 Å². The molecule has 2 rings (SSSR count). The molecule has 0 aliphatic carbocycles. The van der Waals surface area contributed by atoms with Crippen LogP contribution in [0, 0.1) is 13.8 Å². The number of aromatic nitrogens is 2. The SMILES string of the molecule is CNc1nc(C)cc(N(C)c2cccc(C)c2)n1. The van der Waals surface area contributed by atoms with Crippen molar-refractivity contribution in [3.05, 3.63) is 41.6 Å². The van der Waals surface area contributed by atoms with Crippen molar-refractivity contribution in [3.63, 3.8) is 0 Å². The van der Waals surface area contributed by atoms with Crippen molar-refractivity contribution in [3.8, 4) is 0 Å². The van der Waals surface area contributed by atoms with Gasteiger partial charge in [-0.1, -0.05) is 12.1 Å². The molecule has 1 N–H and O–H groups in total. The van der Waals surface area contributed by atoms with Gasteiger partial charge in [0.1, 0.15) is 5.82 Å². The molecule has 0 saturated heterocycles.